The molecule has 1 aromatic carbocycles. The van der Waals surface area contributed by atoms with E-state index in [2.05, 4.69) is 42.3 Å². The minimum atomic E-state index is -0.0957. The molecule has 1 amide bonds. The van der Waals surface area contributed by atoms with Gasteiger partial charge in [0.1, 0.15) is 0 Å². The molecule has 0 spiro atoms. The van der Waals surface area contributed by atoms with E-state index in [1.807, 2.05) is 25.3 Å². The van der Waals surface area contributed by atoms with Crippen LogP contribution in [0.25, 0.3) is 0 Å². The maximum atomic E-state index is 12.1. The SMILES string of the molecule is CC(Cn1cccn1)NC(=O)c1cc(Br)cc(Br)c1. The Hall–Kier alpha value is -1.14. The van der Waals surface area contributed by atoms with Crippen LogP contribution in [0.4, 0.5) is 0 Å². The van der Waals surface area contributed by atoms with Gasteiger partial charge in [0.15, 0.2) is 0 Å². The molecule has 1 N–H and O–H groups in total. The zero-order chi connectivity index (χ0) is 13.8. The molecule has 1 atom stereocenters. The Morgan fingerprint density at radius 3 is 2.63 bits per heavy atom. The van der Waals surface area contributed by atoms with Crippen molar-refractivity contribution in [2.45, 2.75) is 19.5 Å². The fraction of sp³-hybridized carbons (Fsp3) is 0.231. The van der Waals surface area contributed by atoms with Gasteiger partial charge in [-0.3, -0.25) is 9.48 Å². The van der Waals surface area contributed by atoms with Crippen LogP contribution in [-0.2, 0) is 6.54 Å². The van der Waals surface area contributed by atoms with Crippen LogP contribution in [0.5, 0.6) is 0 Å². The second-order valence-corrected chi connectivity index (χ2v) is 6.09. The summed E-state index contributed by atoms with van der Waals surface area (Å²) in [4.78, 5) is 12.1. The first-order chi connectivity index (χ1) is 9.04. The molecule has 0 aliphatic heterocycles. The monoisotopic (exact) mass is 385 g/mol. The Morgan fingerprint density at radius 1 is 1.37 bits per heavy atom. The minimum absolute atomic E-state index is 0.00478. The molecule has 1 heterocycles. The summed E-state index contributed by atoms with van der Waals surface area (Å²) >= 11 is 6.74. The Balaban J connectivity index is 2.00. The fourth-order valence-electron chi connectivity index (χ4n) is 1.73. The molecule has 100 valence electrons. The van der Waals surface area contributed by atoms with Gasteiger partial charge in [-0.25, -0.2) is 0 Å². The smallest absolute Gasteiger partial charge is 0.251 e. The second-order valence-electron chi connectivity index (χ2n) is 4.26. The van der Waals surface area contributed by atoms with Gasteiger partial charge >= 0.3 is 0 Å². The highest BCUT2D eigenvalue weighted by molar-refractivity contribution is 9.11. The highest BCUT2D eigenvalue weighted by Crippen LogP contribution is 2.20. The lowest BCUT2D eigenvalue weighted by molar-refractivity contribution is 0.0936. The zero-order valence-corrected chi connectivity index (χ0v) is 13.5. The van der Waals surface area contributed by atoms with Crippen molar-refractivity contribution < 1.29 is 4.79 Å². The van der Waals surface area contributed by atoms with Gasteiger partial charge in [0.05, 0.1) is 6.54 Å². The van der Waals surface area contributed by atoms with Crippen LogP contribution in [0.2, 0.25) is 0 Å². The Kier molecular flexibility index (Phi) is 4.76. The molecule has 0 saturated heterocycles. The van der Waals surface area contributed by atoms with Gasteiger partial charge < -0.3 is 5.32 Å². The van der Waals surface area contributed by atoms with Crippen molar-refractivity contribution in [3.05, 3.63) is 51.2 Å². The van der Waals surface area contributed by atoms with Crippen LogP contribution in [0, 0.1) is 0 Å². The number of carbonyl (C=O) groups is 1. The fourth-order valence-corrected chi connectivity index (χ4v) is 3.02. The van der Waals surface area contributed by atoms with E-state index in [9.17, 15) is 4.79 Å². The standard InChI is InChI=1S/C13H13Br2N3O/c1-9(8-18-4-2-3-16-18)17-13(19)10-5-11(14)7-12(15)6-10/h2-7,9H,8H2,1H3,(H,17,19). The average Bonchev–Trinajstić information content (AvgIpc) is 2.80. The van der Waals surface area contributed by atoms with Crippen LogP contribution in [0.15, 0.2) is 45.6 Å². The van der Waals surface area contributed by atoms with Crippen molar-refractivity contribution in [1.29, 1.82) is 0 Å². The largest absolute Gasteiger partial charge is 0.348 e. The minimum Gasteiger partial charge on any atom is -0.348 e. The van der Waals surface area contributed by atoms with Crippen LogP contribution in [-0.4, -0.2) is 21.7 Å². The van der Waals surface area contributed by atoms with Gasteiger partial charge in [-0.2, -0.15) is 5.10 Å². The van der Waals surface area contributed by atoms with Crippen LogP contribution >= 0.6 is 31.9 Å². The van der Waals surface area contributed by atoms with Gasteiger partial charge in [0.25, 0.3) is 5.91 Å². The highest BCUT2D eigenvalue weighted by atomic mass is 79.9. The molecular formula is C13H13Br2N3O. The molecule has 19 heavy (non-hydrogen) atoms. The molecule has 1 aromatic heterocycles. The van der Waals surface area contributed by atoms with Gasteiger partial charge in [-0.15, -0.1) is 0 Å². The quantitative estimate of drug-likeness (QED) is 0.876. The number of carbonyl (C=O) groups excluding carboxylic acids is 1. The summed E-state index contributed by atoms with van der Waals surface area (Å²) in [5, 5.41) is 7.06. The van der Waals surface area contributed by atoms with Crippen LogP contribution in [0.1, 0.15) is 17.3 Å². The number of halogens is 2. The molecule has 6 heteroatoms. The number of rotatable bonds is 4. The molecule has 2 aromatic rings. The Morgan fingerprint density at radius 2 is 2.05 bits per heavy atom. The normalized spacial score (nSPS) is 12.2. The number of hydrogen-bond donors (Lipinski definition) is 1. The predicted octanol–water partition coefficient (Wildman–Crippen LogP) is 3.23. The predicted molar refractivity (Wildman–Crippen MR) is 81.0 cm³/mol. The third kappa shape index (κ3) is 4.18. The molecule has 0 aliphatic rings. The van der Waals surface area contributed by atoms with E-state index in [1.54, 1.807) is 23.0 Å². The first-order valence-electron chi connectivity index (χ1n) is 5.79. The first kappa shape index (κ1) is 14.3. The summed E-state index contributed by atoms with van der Waals surface area (Å²) in [7, 11) is 0. The van der Waals surface area contributed by atoms with Gasteiger partial charge in [-0.05, 0) is 31.2 Å². The molecular weight excluding hydrogens is 374 g/mol. The first-order valence-corrected chi connectivity index (χ1v) is 7.37. The summed E-state index contributed by atoms with van der Waals surface area (Å²) in [6.07, 6.45) is 3.60. The van der Waals surface area contributed by atoms with E-state index in [1.165, 1.54) is 0 Å². The van der Waals surface area contributed by atoms with Gasteiger partial charge in [0.2, 0.25) is 0 Å². The van der Waals surface area contributed by atoms with Gasteiger partial charge in [0, 0.05) is 32.9 Å². The van der Waals surface area contributed by atoms with E-state index in [0.717, 1.165) is 8.95 Å². The van der Waals surface area contributed by atoms with Crippen molar-refractivity contribution in [3.8, 4) is 0 Å². The molecule has 0 bridgehead atoms. The van der Waals surface area contributed by atoms with E-state index in [-0.39, 0.29) is 11.9 Å². The Bertz CT molecular complexity index is 549. The molecule has 0 radical (unpaired) electrons. The van der Waals surface area contributed by atoms with Crippen molar-refractivity contribution in [2.75, 3.05) is 0 Å². The molecule has 0 fully saturated rings. The van der Waals surface area contributed by atoms with Crippen molar-refractivity contribution in [2.24, 2.45) is 0 Å². The third-order valence-electron chi connectivity index (χ3n) is 2.52. The number of hydrogen-bond acceptors (Lipinski definition) is 2. The Labute approximate surface area is 128 Å². The maximum Gasteiger partial charge on any atom is 0.251 e. The summed E-state index contributed by atoms with van der Waals surface area (Å²) in [6, 6.07) is 7.34. The number of benzene rings is 1. The molecule has 1 unspecified atom stereocenters. The summed E-state index contributed by atoms with van der Waals surface area (Å²) in [6.45, 7) is 2.60. The van der Waals surface area contributed by atoms with Crippen molar-refractivity contribution >= 4 is 37.8 Å². The third-order valence-corrected chi connectivity index (χ3v) is 3.44. The number of aromatic nitrogens is 2. The van der Waals surface area contributed by atoms with Crippen LogP contribution in [0.3, 0.4) is 0 Å². The lowest BCUT2D eigenvalue weighted by Crippen LogP contribution is -2.35. The molecule has 0 aliphatic carbocycles. The van der Waals surface area contributed by atoms with Crippen LogP contribution < -0.4 is 5.32 Å². The number of amides is 1. The second kappa shape index (κ2) is 6.34. The topological polar surface area (TPSA) is 46.9 Å². The van der Waals surface area contributed by atoms with E-state index in [0.29, 0.717) is 12.1 Å². The summed E-state index contributed by atoms with van der Waals surface area (Å²) < 4.78 is 3.53. The molecule has 0 saturated carbocycles. The lowest BCUT2D eigenvalue weighted by atomic mass is 10.2. The molecule has 2 rings (SSSR count). The van der Waals surface area contributed by atoms with Crippen molar-refractivity contribution in [3.63, 3.8) is 0 Å². The van der Waals surface area contributed by atoms with E-state index >= 15 is 0 Å². The maximum absolute atomic E-state index is 12.1. The average molecular weight is 387 g/mol. The van der Waals surface area contributed by atoms with E-state index < -0.39 is 0 Å². The zero-order valence-electron chi connectivity index (χ0n) is 10.3. The lowest BCUT2D eigenvalue weighted by Gasteiger charge is -2.14. The van der Waals surface area contributed by atoms with Gasteiger partial charge in [-0.1, -0.05) is 31.9 Å². The number of nitrogens with one attached hydrogen (secondary N) is 1. The highest BCUT2D eigenvalue weighted by Gasteiger charge is 2.11. The number of nitrogens with zero attached hydrogens (tertiary/aromatic N) is 2. The van der Waals surface area contributed by atoms with Crippen molar-refractivity contribution in [1.82, 2.24) is 15.1 Å². The summed E-state index contributed by atoms with van der Waals surface area (Å²) in [5.41, 5.74) is 0.619. The van der Waals surface area contributed by atoms with E-state index in [4.69, 9.17) is 0 Å². The molecule has 4 nitrogen and oxygen atoms in total. The summed E-state index contributed by atoms with van der Waals surface area (Å²) in [5.74, 6) is -0.0957.